The second-order valence-corrected chi connectivity index (χ2v) is 4.68. The molecular weight excluding hydrogens is 353 g/mol. The van der Waals surface area contributed by atoms with E-state index in [4.69, 9.17) is 10.5 Å². The number of aliphatic imine (C=N–C) groups is 1. The highest BCUT2D eigenvalue weighted by molar-refractivity contribution is 14.0. The summed E-state index contributed by atoms with van der Waals surface area (Å²) in [4.78, 5) is 4.32. The van der Waals surface area contributed by atoms with Crippen molar-refractivity contribution < 1.29 is 4.74 Å². The van der Waals surface area contributed by atoms with Crippen LogP contribution in [-0.4, -0.2) is 19.6 Å². The number of para-hydroxylation sites is 2. The van der Waals surface area contributed by atoms with Crippen molar-refractivity contribution in [1.82, 2.24) is 0 Å². The van der Waals surface area contributed by atoms with Gasteiger partial charge in [-0.3, -0.25) is 4.99 Å². The standard InChI is InChI=1S/C14H21N3O.HI/c1-18-13-7-3-2-6-12(13)17-14(15)16-10-4-5-11-8-9-11;/h2-3,6-7,11H,4-5,8-10H2,1H3,(H3,15,16,17);1H. The van der Waals surface area contributed by atoms with Crippen molar-refractivity contribution in [2.75, 3.05) is 19.0 Å². The van der Waals surface area contributed by atoms with Gasteiger partial charge in [0.15, 0.2) is 5.96 Å². The minimum absolute atomic E-state index is 0. The largest absolute Gasteiger partial charge is 0.495 e. The maximum Gasteiger partial charge on any atom is 0.193 e. The highest BCUT2D eigenvalue weighted by Crippen LogP contribution is 2.33. The van der Waals surface area contributed by atoms with Gasteiger partial charge in [0.25, 0.3) is 0 Å². The fourth-order valence-electron chi connectivity index (χ4n) is 1.91. The average molecular weight is 375 g/mol. The normalized spacial score (nSPS) is 14.7. The quantitative estimate of drug-likeness (QED) is 0.347. The lowest BCUT2D eigenvalue weighted by Crippen LogP contribution is -2.23. The molecule has 0 unspecified atom stereocenters. The highest BCUT2D eigenvalue weighted by Gasteiger charge is 2.19. The Morgan fingerprint density at radius 3 is 2.84 bits per heavy atom. The molecule has 0 saturated heterocycles. The van der Waals surface area contributed by atoms with Crippen molar-refractivity contribution in [2.24, 2.45) is 16.6 Å². The highest BCUT2D eigenvalue weighted by atomic mass is 127. The Labute approximate surface area is 131 Å². The molecule has 1 aliphatic rings. The molecule has 0 heterocycles. The summed E-state index contributed by atoms with van der Waals surface area (Å²) >= 11 is 0. The molecule has 0 radical (unpaired) electrons. The third-order valence-electron chi connectivity index (χ3n) is 3.12. The fourth-order valence-corrected chi connectivity index (χ4v) is 1.91. The molecule has 4 nitrogen and oxygen atoms in total. The van der Waals surface area contributed by atoms with Crippen molar-refractivity contribution >= 4 is 35.6 Å². The summed E-state index contributed by atoms with van der Waals surface area (Å²) in [6.45, 7) is 0.796. The molecule has 1 fully saturated rings. The topological polar surface area (TPSA) is 59.6 Å². The molecule has 0 spiro atoms. The molecule has 5 heteroatoms. The summed E-state index contributed by atoms with van der Waals surface area (Å²) in [7, 11) is 1.64. The van der Waals surface area contributed by atoms with E-state index in [0.717, 1.165) is 30.3 Å². The fraction of sp³-hybridized carbons (Fsp3) is 0.500. The van der Waals surface area contributed by atoms with E-state index in [2.05, 4.69) is 10.3 Å². The summed E-state index contributed by atoms with van der Waals surface area (Å²) in [6, 6.07) is 7.67. The van der Waals surface area contributed by atoms with E-state index < -0.39 is 0 Å². The second-order valence-electron chi connectivity index (χ2n) is 4.68. The molecule has 1 aromatic rings. The van der Waals surface area contributed by atoms with Crippen LogP contribution in [0.25, 0.3) is 0 Å². The molecule has 106 valence electrons. The van der Waals surface area contributed by atoms with Crippen molar-refractivity contribution in [3.8, 4) is 5.75 Å². The molecule has 19 heavy (non-hydrogen) atoms. The first-order valence-corrected chi connectivity index (χ1v) is 6.49. The van der Waals surface area contributed by atoms with Crippen molar-refractivity contribution in [1.29, 1.82) is 0 Å². The number of nitrogens with zero attached hydrogens (tertiary/aromatic N) is 1. The first-order valence-electron chi connectivity index (χ1n) is 6.49. The number of halogens is 1. The molecule has 0 aromatic heterocycles. The zero-order valence-corrected chi connectivity index (χ0v) is 13.6. The van der Waals surface area contributed by atoms with Crippen LogP contribution in [0.2, 0.25) is 0 Å². The molecule has 2 rings (SSSR count). The third kappa shape index (κ3) is 5.67. The van der Waals surface area contributed by atoms with Gasteiger partial charge in [0.1, 0.15) is 5.75 Å². The molecule has 1 saturated carbocycles. The predicted molar refractivity (Wildman–Crippen MR) is 90.5 cm³/mol. The van der Waals surface area contributed by atoms with E-state index in [1.54, 1.807) is 7.11 Å². The molecule has 0 aliphatic heterocycles. The van der Waals surface area contributed by atoms with E-state index >= 15 is 0 Å². The van der Waals surface area contributed by atoms with Crippen LogP contribution in [0.5, 0.6) is 5.75 Å². The van der Waals surface area contributed by atoms with E-state index in [-0.39, 0.29) is 24.0 Å². The third-order valence-corrected chi connectivity index (χ3v) is 3.12. The lowest BCUT2D eigenvalue weighted by Gasteiger charge is -2.09. The summed E-state index contributed by atoms with van der Waals surface area (Å²) in [5.74, 6) is 2.19. The van der Waals surface area contributed by atoms with Crippen LogP contribution in [0.3, 0.4) is 0 Å². The summed E-state index contributed by atoms with van der Waals surface area (Å²) in [5.41, 5.74) is 6.70. The Morgan fingerprint density at radius 1 is 1.42 bits per heavy atom. The van der Waals surface area contributed by atoms with Gasteiger partial charge in [-0.05, 0) is 30.9 Å². The lowest BCUT2D eigenvalue weighted by atomic mass is 10.2. The number of benzene rings is 1. The number of nitrogens with one attached hydrogen (secondary N) is 1. The number of methoxy groups -OCH3 is 1. The van der Waals surface area contributed by atoms with Crippen LogP contribution in [0.4, 0.5) is 5.69 Å². The number of anilines is 1. The van der Waals surface area contributed by atoms with Crippen LogP contribution in [0, 0.1) is 5.92 Å². The Kier molecular flexibility index (Phi) is 6.97. The van der Waals surface area contributed by atoms with Crippen LogP contribution in [0.1, 0.15) is 25.7 Å². The number of hydrogen-bond acceptors (Lipinski definition) is 2. The maximum absolute atomic E-state index is 5.85. The number of nitrogens with two attached hydrogens (primary N) is 1. The zero-order chi connectivity index (χ0) is 12.8. The molecule has 0 amide bonds. The number of hydrogen-bond donors (Lipinski definition) is 2. The van der Waals surface area contributed by atoms with Gasteiger partial charge in [0.05, 0.1) is 12.8 Å². The average Bonchev–Trinajstić information content (AvgIpc) is 3.19. The van der Waals surface area contributed by atoms with Crippen molar-refractivity contribution in [3.63, 3.8) is 0 Å². The van der Waals surface area contributed by atoms with Crippen LogP contribution in [0.15, 0.2) is 29.3 Å². The Bertz CT molecular complexity index is 419. The van der Waals surface area contributed by atoms with Gasteiger partial charge in [-0.15, -0.1) is 24.0 Å². The number of ether oxygens (including phenoxy) is 1. The Balaban J connectivity index is 0.00000180. The molecule has 3 N–H and O–H groups in total. The van der Waals surface area contributed by atoms with Crippen molar-refractivity contribution in [2.45, 2.75) is 25.7 Å². The molecule has 0 atom stereocenters. The maximum atomic E-state index is 5.85. The van der Waals surface area contributed by atoms with Gasteiger partial charge in [0, 0.05) is 6.54 Å². The van der Waals surface area contributed by atoms with Gasteiger partial charge in [-0.1, -0.05) is 25.0 Å². The summed E-state index contributed by atoms with van der Waals surface area (Å²) in [5, 5.41) is 3.07. The van der Waals surface area contributed by atoms with E-state index in [1.807, 2.05) is 24.3 Å². The van der Waals surface area contributed by atoms with Gasteiger partial charge in [-0.2, -0.15) is 0 Å². The Hall–Kier alpha value is -0.980. The number of rotatable bonds is 6. The van der Waals surface area contributed by atoms with Crippen molar-refractivity contribution in [3.05, 3.63) is 24.3 Å². The lowest BCUT2D eigenvalue weighted by molar-refractivity contribution is 0.417. The predicted octanol–water partition coefficient (Wildman–Crippen LogP) is 3.23. The SMILES string of the molecule is COc1ccccc1NC(N)=NCCCC1CC1.I. The number of guanidine groups is 1. The first kappa shape index (κ1) is 16.1. The second kappa shape index (κ2) is 8.24. The van der Waals surface area contributed by atoms with Gasteiger partial charge in [-0.25, -0.2) is 0 Å². The van der Waals surface area contributed by atoms with Crippen LogP contribution in [-0.2, 0) is 0 Å². The molecule has 1 aliphatic carbocycles. The molecule has 1 aromatic carbocycles. The Morgan fingerprint density at radius 2 is 2.16 bits per heavy atom. The smallest absolute Gasteiger partial charge is 0.193 e. The van der Waals surface area contributed by atoms with Gasteiger partial charge in [0.2, 0.25) is 0 Å². The molecule has 0 bridgehead atoms. The molecular formula is C14H22IN3O. The monoisotopic (exact) mass is 375 g/mol. The van der Waals surface area contributed by atoms with E-state index in [9.17, 15) is 0 Å². The van der Waals surface area contributed by atoms with Gasteiger partial charge < -0.3 is 15.8 Å². The first-order chi connectivity index (χ1) is 8.79. The van der Waals surface area contributed by atoms with E-state index in [1.165, 1.54) is 19.3 Å². The minimum Gasteiger partial charge on any atom is -0.495 e. The van der Waals surface area contributed by atoms with E-state index in [0.29, 0.717) is 5.96 Å². The zero-order valence-electron chi connectivity index (χ0n) is 11.3. The van der Waals surface area contributed by atoms with Gasteiger partial charge >= 0.3 is 0 Å². The van der Waals surface area contributed by atoms with Crippen LogP contribution >= 0.6 is 24.0 Å². The van der Waals surface area contributed by atoms with Crippen LogP contribution < -0.4 is 15.8 Å². The minimum atomic E-state index is 0. The summed E-state index contributed by atoms with van der Waals surface area (Å²) in [6.07, 6.45) is 5.21. The summed E-state index contributed by atoms with van der Waals surface area (Å²) < 4.78 is 5.24.